The molecule has 1 amide bonds. The Kier molecular flexibility index (Phi) is 4.43. The van der Waals surface area contributed by atoms with Gasteiger partial charge in [-0.2, -0.15) is 0 Å². The number of hydrogen-bond acceptors (Lipinski definition) is 2. The van der Waals surface area contributed by atoms with Crippen LogP contribution in [0.2, 0.25) is 0 Å². The summed E-state index contributed by atoms with van der Waals surface area (Å²) in [5.74, 6) is 1.17. The first-order valence-corrected chi connectivity index (χ1v) is 7.23. The molecule has 1 saturated carbocycles. The van der Waals surface area contributed by atoms with Gasteiger partial charge in [0, 0.05) is 25.0 Å². The van der Waals surface area contributed by atoms with Gasteiger partial charge in [-0.3, -0.25) is 4.79 Å². The molecule has 98 valence electrons. The highest BCUT2D eigenvalue weighted by molar-refractivity contribution is 5.79. The Morgan fingerprint density at radius 1 is 1.12 bits per heavy atom. The van der Waals surface area contributed by atoms with Gasteiger partial charge in [0.1, 0.15) is 0 Å². The molecule has 0 radical (unpaired) electrons. The molecule has 3 atom stereocenters. The van der Waals surface area contributed by atoms with Crippen molar-refractivity contribution in [3.8, 4) is 0 Å². The third-order valence-electron chi connectivity index (χ3n) is 4.50. The van der Waals surface area contributed by atoms with Gasteiger partial charge in [-0.1, -0.05) is 19.8 Å². The summed E-state index contributed by atoms with van der Waals surface area (Å²) in [6.45, 7) is 4.15. The van der Waals surface area contributed by atoms with E-state index in [9.17, 15) is 4.79 Å². The average molecular weight is 238 g/mol. The first-order valence-electron chi connectivity index (χ1n) is 7.23. The maximum atomic E-state index is 12.4. The van der Waals surface area contributed by atoms with Gasteiger partial charge in [0.05, 0.1) is 0 Å². The molecule has 1 aliphatic heterocycles. The number of nitrogens with two attached hydrogens (primary N) is 1. The van der Waals surface area contributed by atoms with E-state index >= 15 is 0 Å². The summed E-state index contributed by atoms with van der Waals surface area (Å²) in [7, 11) is 0. The highest BCUT2D eigenvalue weighted by Gasteiger charge is 2.32. The second kappa shape index (κ2) is 5.85. The lowest BCUT2D eigenvalue weighted by Crippen LogP contribution is -2.42. The van der Waals surface area contributed by atoms with E-state index in [1.165, 1.54) is 25.7 Å². The van der Waals surface area contributed by atoms with Crippen LogP contribution in [0.25, 0.3) is 0 Å². The minimum absolute atomic E-state index is 0.253. The standard InChI is InChI=1S/C14H26N2O/c1-11-10-12(6-7-13(11)15)14(17)16-8-4-2-3-5-9-16/h11-13H,2-10,15H2,1H3. The van der Waals surface area contributed by atoms with Crippen LogP contribution < -0.4 is 5.73 Å². The Balaban J connectivity index is 1.90. The average Bonchev–Trinajstić information content (AvgIpc) is 2.60. The zero-order chi connectivity index (χ0) is 12.3. The summed E-state index contributed by atoms with van der Waals surface area (Å²) >= 11 is 0. The first-order chi connectivity index (χ1) is 8.18. The second-order valence-electron chi connectivity index (χ2n) is 5.89. The van der Waals surface area contributed by atoms with Gasteiger partial charge in [0.15, 0.2) is 0 Å². The Morgan fingerprint density at radius 2 is 1.76 bits per heavy atom. The summed E-state index contributed by atoms with van der Waals surface area (Å²) < 4.78 is 0. The van der Waals surface area contributed by atoms with E-state index in [1.54, 1.807) is 0 Å². The van der Waals surface area contributed by atoms with E-state index in [0.717, 1.165) is 32.4 Å². The summed E-state index contributed by atoms with van der Waals surface area (Å²) in [5.41, 5.74) is 6.02. The van der Waals surface area contributed by atoms with Gasteiger partial charge in [0.25, 0.3) is 0 Å². The number of hydrogen-bond donors (Lipinski definition) is 1. The molecule has 0 bridgehead atoms. The summed E-state index contributed by atoms with van der Waals surface area (Å²) in [6.07, 6.45) is 7.97. The Labute approximate surface area is 105 Å². The molecule has 2 rings (SSSR count). The molecule has 0 aromatic rings. The topological polar surface area (TPSA) is 46.3 Å². The van der Waals surface area contributed by atoms with E-state index < -0.39 is 0 Å². The van der Waals surface area contributed by atoms with Crippen molar-refractivity contribution in [3.05, 3.63) is 0 Å². The normalized spacial score (nSPS) is 35.4. The van der Waals surface area contributed by atoms with E-state index in [2.05, 4.69) is 11.8 Å². The number of nitrogens with zero attached hydrogens (tertiary/aromatic N) is 1. The van der Waals surface area contributed by atoms with Gasteiger partial charge in [0.2, 0.25) is 5.91 Å². The number of carbonyl (C=O) groups excluding carboxylic acids is 1. The second-order valence-corrected chi connectivity index (χ2v) is 5.89. The van der Waals surface area contributed by atoms with Gasteiger partial charge < -0.3 is 10.6 Å². The summed E-state index contributed by atoms with van der Waals surface area (Å²) in [4.78, 5) is 14.6. The van der Waals surface area contributed by atoms with Crippen molar-refractivity contribution >= 4 is 5.91 Å². The summed E-state index contributed by atoms with van der Waals surface area (Å²) in [5, 5.41) is 0. The molecule has 17 heavy (non-hydrogen) atoms. The summed E-state index contributed by atoms with van der Waals surface area (Å²) in [6, 6.07) is 0.309. The minimum atomic E-state index is 0.253. The van der Waals surface area contributed by atoms with Crippen LogP contribution >= 0.6 is 0 Å². The van der Waals surface area contributed by atoms with Crippen LogP contribution in [0.15, 0.2) is 0 Å². The van der Waals surface area contributed by atoms with Crippen LogP contribution in [0, 0.1) is 11.8 Å². The van der Waals surface area contributed by atoms with Crippen molar-refractivity contribution in [1.82, 2.24) is 4.90 Å². The van der Waals surface area contributed by atoms with Gasteiger partial charge >= 0.3 is 0 Å². The fourth-order valence-corrected chi connectivity index (χ4v) is 3.19. The van der Waals surface area contributed by atoms with E-state index in [4.69, 9.17) is 5.73 Å². The molecule has 3 nitrogen and oxygen atoms in total. The van der Waals surface area contributed by atoms with Crippen molar-refractivity contribution in [2.75, 3.05) is 13.1 Å². The van der Waals surface area contributed by atoms with Crippen molar-refractivity contribution in [2.24, 2.45) is 17.6 Å². The molecule has 3 unspecified atom stereocenters. The first kappa shape index (κ1) is 12.9. The van der Waals surface area contributed by atoms with Crippen molar-refractivity contribution in [2.45, 2.75) is 57.9 Å². The predicted octanol–water partition coefficient (Wildman–Crippen LogP) is 2.15. The highest BCUT2D eigenvalue weighted by atomic mass is 16.2. The maximum absolute atomic E-state index is 12.4. The minimum Gasteiger partial charge on any atom is -0.342 e. The van der Waals surface area contributed by atoms with Gasteiger partial charge in [-0.05, 0) is 38.0 Å². The predicted molar refractivity (Wildman–Crippen MR) is 69.5 cm³/mol. The van der Waals surface area contributed by atoms with Crippen molar-refractivity contribution in [1.29, 1.82) is 0 Å². The van der Waals surface area contributed by atoms with Gasteiger partial charge in [-0.15, -0.1) is 0 Å². The molecule has 1 saturated heterocycles. The molecule has 1 aliphatic carbocycles. The molecular weight excluding hydrogens is 212 g/mol. The van der Waals surface area contributed by atoms with Crippen LogP contribution in [0.1, 0.15) is 51.9 Å². The zero-order valence-corrected chi connectivity index (χ0v) is 11.0. The lowest BCUT2D eigenvalue weighted by Gasteiger charge is -2.34. The molecule has 1 heterocycles. The van der Waals surface area contributed by atoms with Crippen LogP contribution in [0.5, 0.6) is 0 Å². The molecule has 0 aromatic carbocycles. The maximum Gasteiger partial charge on any atom is 0.225 e. The fourth-order valence-electron chi connectivity index (χ4n) is 3.19. The number of likely N-dealkylation sites (tertiary alicyclic amines) is 1. The lowest BCUT2D eigenvalue weighted by atomic mass is 9.78. The lowest BCUT2D eigenvalue weighted by molar-refractivity contribution is -0.137. The Bertz CT molecular complexity index is 259. The van der Waals surface area contributed by atoms with Crippen LogP contribution in [-0.4, -0.2) is 29.9 Å². The molecule has 0 spiro atoms. The Hall–Kier alpha value is -0.570. The zero-order valence-electron chi connectivity index (χ0n) is 11.0. The van der Waals surface area contributed by atoms with E-state index in [0.29, 0.717) is 17.9 Å². The largest absolute Gasteiger partial charge is 0.342 e. The molecule has 2 fully saturated rings. The SMILES string of the molecule is CC1CC(C(=O)N2CCCCCC2)CCC1N. The number of rotatable bonds is 1. The highest BCUT2D eigenvalue weighted by Crippen LogP contribution is 2.29. The number of carbonyl (C=O) groups is 1. The molecule has 2 N–H and O–H groups in total. The molecule has 3 heteroatoms. The smallest absolute Gasteiger partial charge is 0.225 e. The Morgan fingerprint density at radius 3 is 2.35 bits per heavy atom. The monoisotopic (exact) mass is 238 g/mol. The van der Waals surface area contributed by atoms with Crippen LogP contribution in [0.3, 0.4) is 0 Å². The molecule has 0 aromatic heterocycles. The quantitative estimate of drug-likeness (QED) is 0.761. The fraction of sp³-hybridized carbons (Fsp3) is 0.929. The van der Waals surface area contributed by atoms with Gasteiger partial charge in [-0.25, -0.2) is 0 Å². The number of amides is 1. The van der Waals surface area contributed by atoms with Crippen LogP contribution in [-0.2, 0) is 4.79 Å². The van der Waals surface area contributed by atoms with Crippen LogP contribution in [0.4, 0.5) is 0 Å². The van der Waals surface area contributed by atoms with E-state index in [1.807, 2.05) is 0 Å². The van der Waals surface area contributed by atoms with Crippen molar-refractivity contribution < 1.29 is 4.79 Å². The van der Waals surface area contributed by atoms with Crippen molar-refractivity contribution in [3.63, 3.8) is 0 Å². The molecular formula is C14H26N2O. The third kappa shape index (κ3) is 3.21. The van der Waals surface area contributed by atoms with E-state index in [-0.39, 0.29) is 5.92 Å². The third-order valence-corrected chi connectivity index (χ3v) is 4.50. The molecule has 2 aliphatic rings.